The fourth-order valence-electron chi connectivity index (χ4n) is 8.10. The molecule has 0 saturated carbocycles. The van der Waals surface area contributed by atoms with Crippen molar-refractivity contribution in [1.29, 1.82) is 0 Å². The van der Waals surface area contributed by atoms with Crippen LogP contribution in [0.2, 0.25) is 0 Å². The Kier molecular flexibility index (Phi) is 8.00. The topological polar surface area (TPSA) is 51.6 Å². The van der Waals surface area contributed by atoms with Gasteiger partial charge in [-0.1, -0.05) is 200 Å². The second-order valence-electron chi connectivity index (χ2n) is 13.8. The number of aromatic nitrogens is 4. The van der Waals surface area contributed by atoms with Crippen LogP contribution in [0.4, 0.5) is 0 Å². The van der Waals surface area contributed by atoms with Gasteiger partial charge in [0.2, 0.25) is 0 Å². The molecule has 2 aromatic heterocycles. The quantitative estimate of drug-likeness (QED) is 0.166. The molecule has 0 amide bonds. The number of hydrogen-bond acceptors (Lipinski definition) is 4. The minimum atomic E-state index is -0.657. The van der Waals surface area contributed by atoms with Crippen molar-refractivity contribution in [1.82, 2.24) is 19.9 Å². The Morgan fingerprint density at radius 2 is 0.709 bits per heavy atom. The number of fused-ring (bicyclic) bond motifs is 3. The van der Waals surface area contributed by atoms with Crippen LogP contribution in [-0.4, -0.2) is 19.9 Å². The van der Waals surface area contributed by atoms with E-state index in [4.69, 9.17) is 19.9 Å². The first-order valence-electron chi connectivity index (χ1n) is 18.6. The highest BCUT2D eigenvalue weighted by molar-refractivity contribution is 5.91. The summed E-state index contributed by atoms with van der Waals surface area (Å²) in [5.41, 5.74) is 13.6. The largest absolute Gasteiger partial charge is 0.228 e. The van der Waals surface area contributed by atoms with Gasteiger partial charge in [-0.3, -0.25) is 0 Å². The van der Waals surface area contributed by atoms with Crippen LogP contribution in [0.15, 0.2) is 206 Å². The Balaban J connectivity index is 1.21. The van der Waals surface area contributed by atoms with E-state index in [1.165, 1.54) is 16.7 Å². The van der Waals surface area contributed by atoms with Crippen LogP contribution in [0.25, 0.3) is 67.8 Å². The lowest BCUT2D eigenvalue weighted by Crippen LogP contribution is -2.29. The highest BCUT2D eigenvalue weighted by atomic mass is 14.9. The van der Waals surface area contributed by atoms with Crippen molar-refractivity contribution in [2.24, 2.45) is 0 Å². The van der Waals surface area contributed by atoms with Crippen molar-refractivity contribution >= 4 is 0 Å². The molecule has 2 heterocycles. The molecule has 10 rings (SSSR count). The highest BCUT2D eigenvalue weighted by Gasteiger charge is 2.49. The number of rotatable bonds is 7. The molecule has 4 heteroatoms. The molecule has 1 aliphatic carbocycles. The van der Waals surface area contributed by atoms with Crippen LogP contribution in [0.5, 0.6) is 0 Å². The number of nitrogens with zero attached hydrogens (tertiary/aromatic N) is 4. The summed E-state index contributed by atoms with van der Waals surface area (Å²) in [6, 6.07) is 71.8. The average molecular weight is 703 g/mol. The van der Waals surface area contributed by atoms with Crippen molar-refractivity contribution < 1.29 is 0 Å². The maximum absolute atomic E-state index is 5.48. The van der Waals surface area contributed by atoms with E-state index in [2.05, 4.69) is 152 Å². The van der Waals surface area contributed by atoms with E-state index in [0.717, 1.165) is 61.7 Å². The van der Waals surface area contributed by atoms with E-state index in [9.17, 15) is 0 Å². The van der Waals surface area contributed by atoms with E-state index in [1.807, 2.05) is 54.6 Å². The van der Waals surface area contributed by atoms with Crippen molar-refractivity contribution in [3.8, 4) is 67.8 Å². The van der Waals surface area contributed by atoms with Crippen LogP contribution in [0.3, 0.4) is 0 Å². The van der Waals surface area contributed by atoms with Crippen molar-refractivity contribution in [3.63, 3.8) is 0 Å². The van der Waals surface area contributed by atoms with Gasteiger partial charge in [0.15, 0.2) is 11.6 Å². The SMILES string of the molecule is c1ccc(-c2cc(-c3ccccc3)nc(-c3ccc(-c4nc(-c5ccccc5)nc5c4C(c4ccccc4)(c4ccccc4)c4ccccc4-5)cc3)n2)cc1. The second kappa shape index (κ2) is 13.6. The van der Waals surface area contributed by atoms with E-state index in [-0.39, 0.29) is 0 Å². The maximum atomic E-state index is 5.48. The van der Waals surface area contributed by atoms with E-state index >= 15 is 0 Å². The maximum Gasteiger partial charge on any atom is 0.160 e. The van der Waals surface area contributed by atoms with Crippen LogP contribution in [0.1, 0.15) is 22.3 Å². The van der Waals surface area contributed by atoms with Gasteiger partial charge in [-0.25, -0.2) is 19.9 Å². The summed E-state index contributed by atoms with van der Waals surface area (Å²) in [5.74, 6) is 1.36. The zero-order valence-electron chi connectivity index (χ0n) is 29.9. The van der Waals surface area contributed by atoms with E-state index < -0.39 is 5.41 Å². The second-order valence-corrected chi connectivity index (χ2v) is 13.8. The summed E-state index contributed by atoms with van der Waals surface area (Å²) in [4.78, 5) is 21.1. The third-order valence-electron chi connectivity index (χ3n) is 10.6. The van der Waals surface area contributed by atoms with E-state index in [0.29, 0.717) is 11.6 Å². The number of benzene rings is 7. The molecule has 0 radical (unpaired) electrons. The summed E-state index contributed by atoms with van der Waals surface area (Å²) in [5, 5.41) is 0. The molecule has 55 heavy (non-hydrogen) atoms. The van der Waals surface area contributed by atoms with Gasteiger partial charge >= 0.3 is 0 Å². The third-order valence-corrected chi connectivity index (χ3v) is 10.6. The predicted octanol–water partition coefficient (Wildman–Crippen LogP) is 12.0. The van der Waals surface area contributed by atoms with Gasteiger partial charge in [0, 0.05) is 38.9 Å². The van der Waals surface area contributed by atoms with Gasteiger partial charge in [0.05, 0.1) is 28.2 Å². The van der Waals surface area contributed by atoms with Gasteiger partial charge in [0.1, 0.15) is 0 Å². The molecule has 0 atom stereocenters. The normalized spacial score (nSPS) is 12.5. The molecule has 0 N–H and O–H groups in total. The summed E-state index contributed by atoms with van der Waals surface area (Å²) in [6.45, 7) is 0. The molecule has 258 valence electrons. The van der Waals surface area contributed by atoms with Gasteiger partial charge in [-0.2, -0.15) is 0 Å². The first-order valence-corrected chi connectivity index (χ1v) is 18.6. The Bertz CT molecular complexity index is 2670. The molecule has 0 spiro atoms. The molecule has 0 saturated heterocycles. The summed E-state index contributed by atoms with van der Waals surface area (Å²) < 4.78 is 0. The molecular formula is C51H34N4. The van der Waals surface area contributed by atoms with Crippen LogP contribution >= 0.6 is 0 Å². The van der Waals surface area contributed by atoms with Gasteiger partial charge in [-0.05, 0) is 22.8 Å². The first kappa shape index (κ1) is 32.4. The molecule has 1 aliphatic rings. The Hall–Kier alpha value is -7.30. The highest BCUT2D eigenvalue weighted by Crippen LogP contribution is 2.58. The third kappa shape index (κ3) is 5.55. The standard InChI is InChI=1S/C51H34N4/c1-6-18-35(19-7-1)44-34-45(36-20-8-2-9-21-36)53-49(52-44)39-32-30-37(31-33-39)47-46-48(55-50(54-47)38-22-10-3-11-23-38)42-28-16-17-29-43(42)51(46,40-24-12-4-13-25-40)41-26-14-5-15-27-41/h1-34H. The summed E-state index contributed by atoms with van der Waals surface area (Å²) in [7, 11) is 0. The first-order chi connectivity index (χ1) is 27.3. The lowest BCUT2D eigenvalue weighted by atomic mass is 9.67. The average Bonchev–Trinajstić information content (AvgIpc) is 3.58. The molecule has 9 aromatic rings. The molecule has 0 unspecified atom stereocenters. The zero-order chi connectivity index (χ0) is 36.6. The molecule has 0 fully saturated rings. The Labute approximate surface area is 320 Å². The fourth-order valence-corrected chi connectivity index (χ4v) is 8.10. The lowest BCUT2D eigenvalue weighted by Gasteiger charge is -2.34. The zero-order valence-corrected chi connectivity index (χ0v) is 29.9. The smallest absolute Gasteiger partial charge is 0.160 e. The van der Waals surface area contributed by atoms with E-state index in [1.54, 1.807) is 0 Å². The predicted molar refractivity (Wildman–Crippen MR) is 222 cm³/mol. The van der Waals surface area contributed by atoms with Gasteiger partial charge in [-0.15, -0.1) is 0 Å². The molecule has 7 aromatic carbocycles. The van der Waals surface area contributed by atoms with Gasteiger partial charge < -0.3 is 0 Å². The van der Waals surface area contributed by atoms with Crippen molar-refractivity contribution in [3.05, 3.63) is 229 Å². The van der Waals surface area contributed by atoms with Crippen LogP contribution < -0.4 is 0 Å². The monoisotopic (exact) mass is 702 g/mol. The molecule has 4 nitrogen and oxygen atoms in total. The Morgan fingerprint density at radius 3 is 1.25 bits per heavy atom. The molecule has 0 bridgehead atoms. The molecule has 0 aliphatic heterocycles. The van der Waals surface area contributed by atoms with Crippen molar-refractivity contribution in [2.75, 3.05) is 0 Å². The van der Waals surface area contributed by atoms with Crippen molar-refractivity contribution in [2.45, 2.75) is 5.41 Å². The van der Waals surface area contributed by atoms with Crippen LogP contribution in [0, 0.1) is 0 Å². The minimum absolute atomic E-state index is 0.657. The van der Waals surface area contributed by atoms with Crippen LogP contribution in [-0.2, 0) is 5.41 Å². The Morgan fingerprint density at radius 1 is 0.309 bits per heavy atom. The number of hydrogen-bond donors (Lipinski definition) is 0. The summed E-state index contributed by atoms with van der Waals surface area (Å²) in [6.07, 6.45) is 0. The summed E-state index contributed by atoms with van der Waals surface area (Å²) >= 11 is 0. The molecular weight excluding hydrogens is 669 g/mol. The fraction of sp³-hybridized carbons (Fsp3) is 0.0196. The lowest BCUT2D eigenvalue weighted by molar-refractivity contribution is 0.763. The van der Waals surface area contributed by atoms with Gasteiger partial charge in [0.25, 0.3) is 0 Å². The minimum Gasteiger partial charge on any atom is -0.228 e.